The van der Waals surface area contributed by atoms with Crippen LogP contribution in [0.5, 0.6) is 0 Å². The highest BCUT2D eigenvalue weighted by atomic mass is 32.1. The van der Waals surface area contributed by atoms with E-state index in [1.807, 2.05) is 25.1 Å². The molecule has 0 radical (unpaired) electrons. The van der Waals surface area contributed by atoms with E-state index < -0.39 is 11.6 Å². The second-order valence-electron chi connectivity index (χ2n) is 10.1. The second kappa shape index (κ2) is 8.71. The Morgan fingerprint density at radius 2 is 1.97 bits per heavy atom. The first kappa shape index (κ1) is 23.9. The van der Waals surface area contributed by atoms with Crippen molar-refractivity contribution in [3.8, 4) is 0 Å². The van der Waals surface area contributed by atoms with Gasteiger partial charge in [0, 0.05) is 29.2 Å². The highest BCUT2D eigenvalue weighted by molar-refractivity contribution is 7.21. The van der Waals surface area contributed by atoms with Crippen molar-refractivity contribution < 1.29 is 9.59 Å². The number of hydrogen-bond donors (Lipinski definition) is 5. The highest BCUT2D eigenvalue weighted by Gasteiger charge is 2.49. The predicted molar refractivity (Wildman–Crippen MR) is 142 cm³/mol. The first-order valence-electron chi connectivity index (χ1n) is 12.2. The van der Waals surface area contributed by atoms with Crippen LogP contribution < -0.4 is 27.8 Å². The zero-order valence-electron chi connectivity index (χ0n) is 20.4. The maximum atomic E-state index is 14.0. The van der Waals surface area contributed by atoms with Crippen LogP contribution in [0.2, 0.25) is 0 Å². The van der Waals surface area contributed by atoms with E-state index >= 15 is 0 Å². The molecule has 184 valence electrons. The number of aryl methyl sites for hydroxylation is 1. The molecule has 8 heteroatoms. The topological polar surface area (TPSA) is 136 Å². The number of Topliss-reactive ketones (excluding diaryl/α,β-unsaturated/α-hetero) is 1. The van der Waals surface area contributed by atoms with Gasteiger partial charge in [0.15, 0.2) is 5.78 Å². The van der Waals surface area contributed by atoms with Crippen LogP contribution >= 0.6 is 11.3 Å². The van der Waals surface area contributed by atoms with Gasteiger partial charge in [-0.1, -0.05) is 38.1 Å². The number of piperidine rings is 1. The Balaban J connectivity index is 1.68. The fraction of sp³-hybridized carbons (Fsp3) is 0.407. The Hall–Kier alpha value is -2.78. The molecule has 3 unspecified atom stereocenters. The summed E-state index contributed by atoms with van der Waals surface area (Å²) in [6.45, 7) is 7.91. The van der Waals surface area contributed by atoms with Gasteiger partial charge < -0.3 is 27.8 Å². The molecule has 3 aromatic rings. The maximum absolute atomic E-state index is 14.0. The van der Waals surface area contributed by atoms with Crippen molar-refractivity contribution in [2.45, 2.75) is 57.2 Å². The Bertz CT molecular complexity index is 1340. The van der Waals surface area contributed by atoms with E-state index in [0.717, 1.165) is 47.1 Å². The summed E-state index contributed by atoms with van der Waals surface area (Å²) in [5, 5.41) is 7.17. The third kappa shape index (κ3) is 3.67. The summed E-state index contributed by atoms with van der Waals surface area (Å²) in [6.07, 6.45) is 1.92. The van der Waals surface area contributed by atoms with Gasteiger partial charge in [0.1, 0.15) is 5.54 Å². The first-order valence-corrected chi connectivity index (χ1v) is 13.0. The summed E-state index contributed by atoms with van der Waals surface area (Å²) in [6, 6.07) is 8.65. The molecule has 2 heterocycles. The van der Waals surface area contributed by atoms with Crippen molar-refractivity contribution in [1.29, 1.82) is 0 Å². The van der Waals surface area contributed by atoms with Crippen LogP contribution in [-0.2, 0) is 10.3 Å². The van der Waals surface area contributed by atoms with E-state index in [-0.39, 0.29) is 17.7 Å². The van der Waals surface area contributed by atoms with Crippen LogP contribution in [0, 0.1) is 6.92 Å². The number of nitrogens with two attached hydrogens (primary N) is 3. The fourth-order valence-electron chi connectivity index (χ4n) is 5.54. The van der Waals surface area contributed by atoms with Gasteiger partial charge in [0.05, 0.1) is 15.6 Å². The summed E-state index contributed by atoms with van der Waals surface area (Å²) in [7, 11) is 0. The molecule has 1 fully saturated rings. The summed E-state index contributed by atoms with van der Waals surface area (Å²) in [5.74, 6) is -0.179. The van der Waals surface area contributed by atoms with E-state index in [9.17, 15) is 9.59 Å². The fourth-order valence-corrected chi connectivity index (χ4v) is 6.74. The third-order valence-electron chi connectivity index (χ3n) is 7.49. The van der Waals surface area contributed by atoms with E-state index in [0.29, 0.717) is 27.6 Å². The smallest absolute Gasteiger partial charge is 0.262 e. The molecule has 2 aromatic carbocycles. The summed E-state index contributed by atoms with van der Waals surface area (Å²) >= 11 is 1.29. The van der Waals surface area contributed by atoms with Gasteiger partial charge in [-0.3, -0.25) is 9.59 Å². The lowest BCUT2D eigenvalue weighted by Gasteiger charge is -2.37. The van der Waals surface area contributed by atoms with Gasteiger partial charge in [-0.25, -0.2) is 0 Å². The van der Waals surface area contributed by atoms with Crippen molar-refractivity contribution in [3.05, 3.63) is 63.0 Å². The van der Waals surface area contributed by atoms with Gasteiger partial charge in [-0.15, -0.1) is 11.3 Å². The molecule has 0 spiro atoms. The number of nitrogens with one attached hydrogen (secondary N) is 2. The average Bonchev–Trinajstić information content (AvgIpc) is 3.24. The normalized spacial score (nSPS) is 24.2. The molecule has 1 amide bonds. The summed E-state index contributed by atoms with van der Waals surface area (Å²) in [4.78, 5) is 27.8. The SMILES string of the molecule is Cc1cc(C(C)C)ccc1C1(N)C(=O)C(N)c2c(C(=O)NC3CCCNC3)sc3c(N)ccc1c23. The molecule has 8 N–H and O–H groups in total. The Kier molecular flexibility index (Phi) is 5.96. The molecule has 1 aliphatic carbocycles. The van der Waals surface area contributed by atoms with E-state index in [2.05, 4.69) is 30.5 Å². The quantitative estimate of drug-likeness (QED) is 0.356. The van der Waals surface area contributed by atoms with Crippen LogP contribution in [-0.4, -0.2) is 30.8 Å². The first-order chi connectivity index (χ1) is 16.6. The number of amides is 1. The zero-order chi connectivity index (χ0) is 25.1. The van der Waals surface area contributed by atoms with E-state index in [1.165, 1.54) is 16.9 Å². The largest absolute Gasteiger partial charge is 0.398 e. The number of carbonyl (C=O) groups is 2. The lowest BCUT2D eigenvalue weighted by Crippen LogP contribution is -2.53. The Labute approximate surface area is 209 Å². The molecule has 1 aromatic heterocycles. The lowest BCUT2D eigenvalue weighted by molar-refractivity contribution is -0.124. The number of nitrogen functional groups attached to an aromatic ring is 1. The number of ketones is 1. The molecule has 7 nitrogen and oxygen atoms in total. The predicted octanol–water partition coefficient (Wildman–Crippen LogP) is 3.18. The molecule has 3 atom stereocenters. The van der Waals surface area contributed by atoms with Crippen LogP contribution in [0.1, 0.15) is 76.1 Å². The Morgan fingerprint density at radius 1 is 1.23 bits per heavy atom. The molecular formula is C27H33N5O2S. The van der Waals surface area contributed by atoms with Crippen LogP contribution in [0.25, 0.3) is 10.1 Å². The number of benzene rings is 2. The molecule has 1 saturated heterocycles. The van der Waals surface area contributed by atoms with Crippen LogP contribution in [0.4, 0.5) is 5.69 Å². The number of rotatable bonds is 4. The second-order valence-corrected chi connectivity index (χ2v) is 11.2. The third-order valence-corrected chi connectivity index (χ3v) is 8.75. The minimum atomic E-state index is -1.43. The molecule has 5 rings (SSSR count). The molecule has 1 aliphatic heterocycles. The molecular weight excluding hydrogens is 458 g/mol. The van der Waals surface area contributed by atoms with Gasteiger partial charge >= 0.3 is 0 Å². The van der Waals surface area contributed by atoms with Crippen molar-refractivity contribution >= 4 is 38.8 Å². The van der Waals surface area contributed by atoms with E-state index in [4.69, 9.17) is 17.2 Å². The summed E-state index contributed by atoms with van der Waals surface area (Å²) in [5.41, 5.74) is 23.1. The standard InChI is InChI=1S/C27H33N5O2S/c1-13(2)15-6-7-17(14(3)11-15)27(30)18-8-9-19(28)23-20(18)21(22(29)25(27)33)24(35-23)26(34)32-16-5-4-10-31-12-16/h6-9,11,13,16,22,31H,4-5,10,12,28-30H2,1-3H3,(H,32,34). The zero-order valence-corrected chi connectivity index (χ0v) is 21.2. The van der Waals surface area contributed by atoms with Gasteiger partial charge in [0.2, 0.25) is 0 Å². The molecule has 35 heavy (non-hydrogen) atoms. The van der Waals surface area contributed by atoms with Crippen molar-refractivity contribution in [2.75, 3.05) is 18.8 Å². The minimum absolute atomic E-state index is 0.0386. The monoisotopic (exact) mass is 491 g/mol. The van der Waals surface area contributed by atoms with Crippen molar-refractivity contribution in [1.82, 2.24) is 10.6 Å². The Morgan fingerprint density at radius 3 is 2.63 bits per heavy atom. The van der Waals surface area contributed by atoms with Gasteiger partial charge in [0.25, 0.3) is 5.91 Å². The minimum Gasteiger partial charge on any atom is -0.398 e. The maximum Gasteiger partial charge on any atom is 0.262 e. The lowest BCUT2D eigenvalue weighted by atomic mass is 9.69. The average molecular weight is 492 g/mol. The number of anilines is 1. The highest BCUT2D eigenvalue weighted by Crippen LogP contribution is 2.50. The van der Waals surface area contributed by atoms with Crippen molar-refractivity contribution in [2.24, 2.45) is 11.5 Å². The van der Waals surface area contributed by atoms with E-state index in [1.54, 1.807) is 6.07 Å². The number of hydrogen-bond acceptors (Lipinski definition) is 7. The number of carbonyl (C=O) groups excluding carboxylic acids is 2. The molecule has 2 aliphatic rings. The molecule has 0 bridgehead atoms. The number of thiophene rings is 1. The van der Waals surface area contributed by atoms with Gasteiger partial charge in [-0.05, 0) is 60.5 Å². The van der Waals surface area contributed by atoms with Crippen LogP contribution in [0.15, 0.2) is 30.3 Å². The van der Waals surface area contributed by atoms with Gasteiger partial charge in [-0.2, -0.15) is 0 Å². The summed E-state index contributed by atoms with van der Waals surface area (Å²) < 4.78 is 0.749. The van der Waals surface area contributed by atoms with Crippen LogP contribution in [0.3, 0.4) is 0 Å². The molecule has 0 saturated carbocycles. The van der Waals surface area contributed by atoms with Crippen molar-refractivity contribution in [3.63, 3.8) is 0 Å².